The molecule has 2 amide bonds. The quantitative estimate of drug-likeness (QED) is 0.883. The summed E-state index contributed by atoms with van der Waals surface area (Å²) in [6.07, 6.45) is 0. The average molecular weight is 318 g/mol. The number of carbonyl (C=O) groups excluding carboxylic acids is 1. The van der Waals surface area contributed by atoms with E-state index in [9.17, 15) is 9.18 Å². The number of urea groups is 1. The van der Waals surface area contributed by atoms with Crippen LogP contribution in [0.1, 0.15) is 18.5 Å². The largest absolute Gasteiger partial charge is 0.497 e. The number of methoxy groups -OCH3 is 2. The summed E-state index contributed by atoms with van der Waals surface area (Å²) in [7, 11) is 3.07. The SMILES string of the molecule is COc1cc(NC(=O)N[C@@H](C)c2ccc(F)cc2)cc(OC)c1. The van der Waals surface area contributed by atoms with Gasteiger partial charge in [-0.25, -0.2) is 9.18 Å². The van der Waals surface area contributed by atoms with Crippen molar-refractivity contribution in [2.24, 2.45) is 0 Å². The second-order valence-electron chi connectivity index (χ2n) is 4.97. The van der Waals surface area contributed by atoms with Crippen LogP contribution in [0, 0.1) is 5.82 Å². The van der Waals surface area contributed by atoms with E-state index in [1.54, 1.807) is 30.3 Å². The molecular formula is C17H19FN2O3. The Morgan fingerprint density at radius 2 is 1.61 bits per heavy atom. The van der Waals surface area contributed by atoms with E-state index in [0.29, 0.717) is 17.2 Å². The highest BCUT2D eigenvalue weighted by molar-refractivity contribution is 5.90. The molecule has 2 aromatic rings. The fourth-order valence-electron chi connectivity index (χ4n) is 2.08. The third-order valence-electron chi connectivity index (χ3n) is 3.33. The zero-order valence-corrected chi connectivity index (χ0v) is 13.2. The summed E-state index contributed by atoms with van der Waals surface area (Å²) >= 11 is 0. The number of halogens is 1. The zero-order chi connectivity index (χ0) is 16.8. The Kier molecular flexibility index (Phi) is 5.41. The first-order chi connectivity index (χ1) is 11.0. The van der Waals surface area contributed by atoms with E-state index in [0.717, 1.165) is 5.56 Å². The molecule has 5 nitrogen and oxygen atoms in total. The van der Waals surface area contributed by atoms with Gasteiger partial charge in [-0.15, -0.1) is 0 Å². The van der Waals surface area contributed by atoms with Crippen molar-refractivity contribution in [3.05, 3.63) is 53.8 Å². The third kappa shape index (κ3) is 4.60. The standard InChI is InChI=1S/C17H19FN2O3/c1-11(12-4-6-13(18)7-5-12)19-17(21)20-14-8-15(22-2)10-16(9-14)23-3/h4-11H,1-3H3,(H2,19,20,21)/t11-/m0/s1. The molecule has 0 heterocycles. The van der Waals surface area contributed by atoms with Crippen LogP contribution in [-0.4, -0.2) is 20.3 Å². The molecule has 0 aliphatic rings. The summed E-state index contributed by atoms with van der Waals surface area (Å²) in [6.45, 7) is 1.82. The summed E-state index contributed by atoms with van der Waals surface area (Å²) in [5, 5.41) is 5.50. The Bertz CT molecular complexity index is 652. The van der Waals surface area contributed by atoms with E-state index in [1.165, 1.54) is 26.4 Å². The van der Waals surface area contributed by atoms with Gasteiger partial charge in [0, 0.05) is 23.9 Å². The van der Waals surface area contributed by atoms with Gasteiger partial charge in [-0.2, -0.15) is 0 Å². The van der Waals surface area contributed by atoms with Gasteiger partial charge in [0.25, 0.3) is 0 Å². The number of anilines is 1. The molecule has 0 aliphatic heterocycles. The van der Waals surface area contributed by atoms with Gasteiger partial charge in [0.15, 0.2) is 0 Å². The molecule has 2 N–H and O–H groups in total. The maximum absolute atomic E-state index is 12.9. The fourth-order valence-corrected chi connectivity index (χ4v) is 2.08. The van der Waals surface area contributed by atoms with Gasteiger partial charge in [-0.1, -0.05) is 12.1 Å². The molecule has 0 unspecified atom stereocenters. The molecule has 0 aromatic heterocycles. The normalized spacial score (nSPS) is 11.5. The van der Waals surface area contributed by atoms with Gasteiger partial charge in [0.2, 0.25) is 0 Å². The van der Waals surface area contributed by atoms with Crippen molar-refractivity contribution in [2.75, 3.05) is 19.5 Å². The lowest BCUT2D eigenvalue weighted by atomic mass is 10.1. The van der Waals surface area contributed by atoms with Crippen LogP contribution in [0.3, 0.4) is 0 Å². The van der Waals surface area contributed by atoms with Crippen LogP contribution in [0.2, 0.25) is 0 Å². The van der Waals surface area contributed by atoms with E-state index >= 15 is 0 Å². The van der Waals surface area contributed by atoms with Crippen molar-refractivity contribution in [1.29, 1.82) is 0 Å². The highest BCUT2D eigenvalue weighted by Gasteiger charge is 2.11. The molecule has 0 fully saturated rings. The molecule has 0 bridgehead atoms. The lowest BCUT2D eigenvalue weighted by molar-refractivity contribution is 0.249. The maximum atomic E-state index is 12.9. The zero-order valence-electron chi connectivity index (χ0n) is 13.2. The average Bonchev–Trinajstić information content (AvgIpc) is 2.54. The monoisotopic (exact) mass is 318 g/mol. The first kappa shape index (κ1) is 16.6. The molecule has 2 rings (SSSR count). The molecule has 122 valence electrons. The van der Waals surface area contributed by atoms with E-state index in [-0.39, 0.29) is 17.9 Å². The molecule has 2 aromatic carbocycles. The summed E-state index contributed by atoms with van der Waals surface area (Å²) in [6, 6.07) is 10.4. The summed E-state index contributed by atoms with van der Waals surface area (Å²) in [5.74, 6) is 0.839. The molecule has 0 spiro atoms. The minimum absolute atomic E-state index is 0.261. The van der Waals surface area contributed by atoms with Crippen molar-refractivity contribution in [2.45, 2.75) is 13.0 Å². The Morgan fingerprint density at radius 1 is 1.04 bits per heavy atom. The fraction of sp³-hybridized carbons (Fsp3) is 0.235. The van der Waals surface area contributed by atoms with Gasteiger partial charge in [0.05, 0.1) is 20.3 Å². The Balaban J connectivity index is 2.03. The smallest absolute Gasteiger partial charge is 0.319 e. The first-order valence-electron chi connectivity index (χ1n) is 7.08. The van der Waals surface area contributed by atoms with E-state index < -0.39 is 0 Å². The molecule has 0 saturated heterocycles. The number of amides is 2. The minimum atomic E-state index is -0.378. The lowest BCUT2D eigenvalue weighted by Gasteiger charge is -2.16. The Hall–Kier alpha value is -2.76. The van der Waals surface area contributed by atoms with Gasteiger partial charge in [-0.3, -0.25) is 0 Å². The van der Waals surface area contributed by atoms with Crippen LogP contribution in [0.15, 0.2) is 42.5 Å². The summed E-state index contributed by atoms with van der Waals surface area (Å²) < 4.78 is 23.2. The summed E-state index contributed by atoms with van der Waals surface area (Å²) in [4.78, 5) is 12.1. The van der Waals surface area contributed by atoms with Crippen molar-refractivity contribution in [3.8, 4) is 11.5 Å². The van der Waals surface area contributed by atoms with Crippen LogP contribution >= 0.6 is 0 Å². The number of ether oxygens (including phenoxy) is 2. The number of carbonyl (C=O) groups is 1. The predicted molar refractivity (Wildman–Crippen MR) is 86.5 cm³/mol. The van der Waals surface area contributed by atoms with Crippen LogP contribution < -0.4 is 20.1 Å². The van der Waals surface area contributed by atoms with Gasteiger partial charge >= 0.3 is 6.03 Å². The number of benzene rings is 2. The van der Waals surface area contributed by atoms with Crippen LogP contribution in [0.5, 0.6) is 11.5 Å². The van der Waals surface area contributed by atoms with Crippen LogP contribution in [-0.2, 0) is 0 Å². The van der Waals surface area contributed by atoms with Crippen molar-refractivity contribution in [1.82, 2.24) is 5.32 Å². The first-order valence-corrected chi connectivity index (χ1v) is 7.08. The highest BCUT2D eigenvalue weighted by atomic mass is 19.1. The third-order valence-corrected chi connectivity index (χ3v) is 3.33. The van der Waals surface area contributed by atoms with Gasteiger partial charge < -0.3 is 20.1 Å². The van der Waals surface area contributed by atoms with E-state index in [2.05, 4.69) is 10.6 Å². The number of hydrogen-bond acceptors (Lipinski definition) is 3. The Morgan fingerprint density at radius 3 is 2.13 bits per heavy atom. The molecule has 23 heavy (non-hydrogen) atoms. The number of rotatable bonds is 5. The molecule has 0 aliphatic carbocycles. The minimum Gasteiger partial charge on any atom is -0.497 e. The van der Waals surface area contributed by atoms with Gasteiger partial charge in [0.1, 0.15) is 17.3 Å². The van der Waals surface area contributed by atoms with Gasteiger partial charge in [-0.05, 0) is 24.6 Å². The second kappa shape index (κ2) is 7.49. The van der Waals surface area contributed by atoms with Crippen molar-refractivity contribution < 1.29 is 18.7 Å². The highest BCUT2D eigenvalue weighted by Crippen LogP contribution is 2.25. The lowest BCUT2D eigenvalue weighted by Crippen LogP contribution is -2.31. The second-order valence-corrected chi connectivity index (χ2v) is 4.97. The van der Waals surface area contributed by atoms with Crippen LogP contribution in [0.25, 0.3) is 0 Å². The topological polar surface area (TPSA) is 59.6 Å². The number of nitrogens with one attached hydrogen (secondary N) is 2. The van der Waals surface area contributed by atoms with E-state index in [4.69, 9.17) is 9.47 Å². The summed E-state index contributed by atoms with van der Waals surface area (Å²) in [5.41, 5.74) is 1.36. The van der Waals surface area contributed by atoms with Crippen LogP contribution in [0.4, 0.5) is 14.9 Å². The van der Waals surface area contributed by atoms with Crippen molar-refractivity contribution in [3.63, 3.8) is 0 Å². The number of hydrogen-bond donors (Lipinski definition) is 2. The molecule has 6 heteroatoms. The molecular weight excluding hydrogens is 299 g/mol. The molecule has 0 radical (unpaired) electrons. The Labute approximate surface area is 134 Å². The maximum Gasteiger partial charge on any atom is 0.319 e. The molecule has 1 atom stereocenters. The van der Waals surface area contributed by atoms with E-state index in [1.807, 2.05) is 6.92 Å². The van der Waals surface area contributed by atoms with Crippen molar-refractivity contribution >= 4 is 11.7 Å². The molecule has 0 saturated carbocycles. The predicted octanol–water partition coefficient (Wildman–Crippen LogP) is 3.73.